The first-order valence-corrected chi connectivity index (χ1v) is 10.9. The molecule has 1 saturated heterocycles. The number of aryl methyl sites for hydroxylation is 2. The van der Waals surface area contributed by atoms with Gasteiger partial charge in [-0.05, 0) is 79.6 Å². The van der Waals surface area contributed by atoms with Crippen molar-refractivity contribution in [2.24, 2.45) is 0 Å². The van der Waals surface area contributed by atoms with Crippen LogP contribution >= 0.6 is 0 Å². The van der Waals surface area contributed by atoms with Crippen molar-refractivity contribution < 1.29 is 14.3 Å². The van der Waals surface area contributed by atoms with Crippen LogP contribution in [0.3, 0.4) is 0 Å². The molecule has 2 aromatic rings. The predicted octanol–water partition coefficient (Wildman–Crippen LogP) is 3.53. The third-order valence-corrected chi connectivity index (χ3v) is 5.99. The molecule has 160 valence electrons. The molecule has 1 aliphatic heterocycles. The number of piperidine rings is 1. The number of ether oxygens (including phenoxy) is 2. The molecule has 0 unspecified atom stereocenters. The Kier molecular flexibility index (Phi) is 6.62. The minimum Gasteiger partial charge on any atom is -0.497 e. The van der Waals surface area contributed by atoms with E-state index in [2.05, 4.69) is 39.8 Å². The maximum atomic E-state index is 12.2. The SMILES string of the molecule is COc1ccc(N2CCC(NC(=O)NCCOc3ccc4c(c3)CCC4)CC2)cc1. The fraction of sp³-hybridized carbons (Fsp3) is 0.458. The maximum Gasteiger partial charge on any atom is 0.315 e. The standard InChI is InChI=1S/C24H31N3O3/c1-29-22-9-6-21(7-10-22)27-14-11-20(12-15-27)26-24(28)25-13-16-30-23-8-5-18-3-2-4-19(18)17-23/h5-10,17,20H,2-4,11-16H2,1H3,(H2,25,26,28). The van der Waals surface area contributed by atoms with Gasteiger partial charge in [0, 0.05) is 24.8 Å². The van der Waals surface area contributed by atoms with E-state index < -0.39 is 0 Å². The monoisotopic (exact) mass is 409 g/mol. The maximum absolute atomic E-state index is 12.2. The number of anilines is 1. The number of benzene rings is 2. The molecule has 0 aromatic heterocycles. The van der Waals surface area contributed by atoms with Crippen LogP contribution in [0, 0.1) is 0 Å². The number of nitrogens with one attached hydrogen (secondary N) is 2. The molecule has 6 nitrogen and oxygen atoms in total. The van der Waals surface area contributed by atoms with Crippen molar-refractivity contribution in [3.8, 4) is 11.5 Å². The molecule has 2 N–H and O–H groups in total. The summed E-state index contributed by atoms with van der Waals surface area (Å²) in [6.07, 6.45) is 5.43. The fourth-order valence-corrected chi connectivity index (χ4v) is 4.28. The summed E-state index contributed by atoms with van der Waals surface area (Å²) in [6.45, 7) is 2.83. The van der Waals surface area contributed by atoms with Crippen LogP contribution in [-0.2, 0) is 12.8 Å². The summed E-state index contributed by atoms with van der Waals surface area (Å²) in [5.41, 5.74) is 4.04. The number of urea groups is 1. The van der Waals surface area contributed by atoms with Gasteiger partial charge in [-0.25, -0.2) is 4.79 Å². The number of methoxy groups -OCH3 is 1. The van der Waals surface area contributed by atoms with Crippen LogP contribution in [0.4, 0.5) is 10.5 Å². The van der Waals surface area contributed by atoms with Crippen LogP contribution in [0.25, 0.3) is 0 Å². The van der Waals surface area contributed by atoms with Gasteiger partial charge in [-0.15, -0.1) is 0 Å². The second kappa shape index (κ2) is 9.74. The molecule has 0 atom stereocenters. The zero-order chi connectivity index (χ0) is 20.8. The number of amides is 2. The second-order valence-electron chi connectivity index (χ2n) is 7.99. The van der Waals surface area contributed by atoms with Crippen molar-refractivity contribution in [3.05, 3.63) is 53.6 Å². The van der Waals surface area contributed by atoms with Crippen molar-refractivity contribution in [1.29, 1.82) is 0 Å². The van der Waals surface area contributed by atoms with E-state index in [-0.39, 0.29) is 12.1 Å². The smallest absolute Gasteiger partial charge is 0.315 e. The molecule has 2 aliphatic rings. The van der Waals surface area contributed by atoms with Crippen molar-refractivity contribution in [1.82, 2.24) is 10.6 Å². The minimum absolute atomic E-state index is 0.115. The molecule has 0 radical (unpaired) electrons. The van der Waals surface area contributed by atoms with Gasteiger partial charge < -0.3 is 25.0 Å². The highest BCUT2D eigenvalue weighted by molar-refractivity contribution is 5.74. The van der Waals surface area contributed by atoms with Crippen molar-refractivity contribution >= 4 is 11.7 Å². The molecule has 6 heteroatoms. The lowest BCUT2D eigenvalue weighted by Gasteiger charge is -2.34. The van der Waals surface area contributed by atoms with Gasteiger partial charge in [0.25, 0.3) is 0 Å². The van der Waals surface area contributed by atoms with E-state index in [9.17, 15) is 4.79 Å². The first-order chi connectivity index (χ1) is 14.7. The third kappa shape index (κ3) is 5.17. The number of hydrogen-bond acceptors (Lipinski definition) is 4. The quantitative estimate of drug-likeness (QED) is 0.687. The van der Waals surface area contributed by atoms with Crippen LogP contribution in [0.2, 0.25) is 0 Å². The largest absolute Gasteiger partial charge is 0.497 e. The summed E-state index contributed by atoms with van der Waals surface area (Å²) in [5, 5.41) is 6.00. The van der Waals surface area contributed by atoms with E-state index in [0.717, 1.165) is 43.9 Å². The first-order valence-electron chi connectivity index (χ1n) is 10.9. The van der Waals surface area contributed by atoms with Gasteiger partial charge in [0.15, 0.2) is 0 Å². The molecule has 2 aromatic carbocycles. The van der Waals surface area contributed by atoms with Gasteiger partial charge in [-0.3, -0.25) is 0 Å². The molecule has 0 spiro atoms. The molecular formula is C24H31N3O3. The van der Waals surface area contributed by atoms with E-state index >= 15 is 0 Å². The zero-order valence-corrected chi connectivity index (χ0v) is 17.7. The topological polar surface area (TPSA) is 62.8 Å². The molecule has 4 rings (SSSR count). The van der Waals surface area contributed by atoms with Gasteiger partial charge in [0.1, 0.15) is 18.1 Å². The fourth-order valence-electron chi connectivity index (χ4n) is 4.28. The summed E-state index contributed by atoms with van der Waals surface area (Å²) in [5.74, 6) is 1.76. The molecule has 0 bridgehead atoms. The lowest BCUT2D eigenvalue weighted by Crippen LogP contribution is -2.48. The lowest BCUT2D eigenvalue weighted by molar-refractivity contribution is 0.230. The van der Waals surface area contributed by atoms with Gasteiger partial charge in [-0.2, -0.15) is 0 Å². The van der Waals surface area contributed by atoms with Crippen molar-refractivity contribution in [2.75, 3.05) is 38.3 Å². The molecule has 30 heavy (non-hydrogen) atoms. The van der Waals surface area contributed by atoms with Crippen molar-refractivity contribution in [2.45, 2.75) is 38.1 Å². The van der Waals surface area contributed by atoms with E-state index in [1.165, 1.54) is 29.7 Å². The number of rotatable bonds is 7. The summed E-state index contributed by atoms with van der Waals surface area (Å²) >= 11 is 0. The van der Waals surface area contributed by atoms with Gasteiger partial charge in [0.2, 0.25) is 0 Å². The summed E-state index contributed by atoms with van der Waals surface area (Å²) in [7, 11) is 1.68. The summed E-state index contributed by atoms with van der Waals surface area (Å²) < 4.78 is 11.0. The Morgan fingerprint density at radius 3 is 2.53 bits per heavy atom. The van der Waals surface area contributed by atoms with E-state index in [0.29, 0.717) is 13.2 Å². The average molecular weight is 410 g/mol. The Balaban J connectivity index is 1.13. The van der Waals surface area contributed by atoms with E-state index in [4.69, 9.17) is 9.47 Å². The lowest BCUT2D eigenvalue weighted by atomic mass is 10.0. The highest BCUT2D eigenvalue weighted by atomic mass is 16.5. The van der Waals surface area contributed by atoms with Gasteiger partial charge >= 0.3 is 6.03 Å². The highest BCUT2D eigenvalue weighted by Crippen LogP contribution is 2.26. The van der Waals surface area contributed by atoms with Crippen LogP contribution in [0.15, 0.2) is 42.5 Å². The molecule has 2 amide bonds. The zero-order valence-electron chi connectivity index (χ0n) is 17.7. The molecule has 1 aliphatic carbocycles. The van der Waals surface area contributed by atoms with Crippen LogP contribution in [0.1, 0.15) is 30.4 Å². The average Bonchev–Trinajstić information content (AvgIpc) is 3.25. The Morgan fingerprint density at radius 1 is 1.03 bits per heavy atom. The van der Waals surface area contributed by atoms with Crippen LogP contribution < -0.4 is 25.0 Å². The van der Waals surface area contributed by atoms with Crippen molar-refractivity contribution in [3.63, 3.8) is 0 Å². The number of carbonyl (C=O) groups is 1. The number of hydrogen-bond donors (Lipinski definition) is 2. The van der Waals surface area contributed by atoms with Crippen LogP contribution in [-0.4, -0.2) is 45.4 Å². The van der Waals surface area contributed by atoms with Crippen LogP contribution in [0.5, 0.6) is 11.5 Å². The second-order valence-corrected chi connectivity index (χ2v) is 7.99. The summed E-state index contributed by atoms with van der Waals surface area (Å²) in [6, 6.07) is 14.6. The van der Waals surface area contributed by atoms with E-state index in [1.807, 2.05) is 18.2 Å². The molecule has 0 saturated carbocycles. The Labute approximate surface area is 178 Å². The molecular weight excluding hydrogens is 378 g/mol. The first kappa shape index (κ1) is 20.4. The Morgan fingerprint density at radius 2 is 1.77 bits per heavy atom. The minimum atomic E-state index is -0.115. The predicted molar refractivity (Wildman–Crippen MR) is 119 cm³/mol. The molecule has 1 fully saturated rings. The van der Waals surface area contributed by atoms with Gasteiger partial charge in [0.05, 0.1) is 13.7 Å². The highest BCUT2D eigenvalue weighted by Gasteiger charge is 2.21. The Bertz CT molecular complexity index is 845. The molecule has 1 heterocycles. The summed E-state index contributed by atoms with van der Waals surface area (Å²) in [4.78, 5) is 14.5. The number of carbonyl (C=O) groups excluding carboxylic acids is 1. The number of fused-ring (bicyclic) bond motifs is 1. The van der Waals surface area contributed by atoms with E-state index in [1.54, 1.807) is 7.11 Å². The third-order valence-electron chi connectivity index (χ3n) is 5.99. The Hall–Kier alpha value is -2.89. The van der Waals surface area contributed by atoms with Gasteiger partial charge in [-0.1, -0.05) is 6.07 Å². The normalized spacial score (nSPS) is 16.1. The number of nitrogens with zero attached hydrogens (tertiary/aromatic N) is 1.